The van der Waals surface area contributed by atoms with E-state index in [9.17, 15) is 4.21 Å². The van der Waals surface area contributed by atoms with Gasteiger partial charge in [0.2, 0.25) is 0 Å². The van der Waals surface area contributed by atoms with E-state index in [-0.39, 0.29) is 0 Å². The van der Waals surface area contributed by atoms with Crippen LogP contribution in [0.5, 0.6) is 5.75 Å². The van der Waals surface area contributed by atoms with Crippen molar-refractivity contribution in [1.82, 2.24) is 0 Å². The number of fused-ring (bicyclic) bond motifs is 1. The summed E-state index contributed by atoms with van der Waals surface area (Å²) in [5, 5.41) is 0. The molecule has 3 heteroatoms. The number of unbranched alkanes of at least 4 members (excludes halogenated alkanes) is 1. The van der Waals surface area contributed by atoms with E-state index >= 15 is 0 Å². The van der Waals surface area contributed by atoms with Crippen LogP contribution >= 0.6 is 0 Å². The molecule has 2 aliphatic rings. The van der Waals surface area contributed by atoms with Gasteiger partial charge in [-0.3, -0.25) is 0 Å². The first kappa shape index (κ1) is 21.2. The highest BCUT2D eigenvalue weighted by atomic mass is 32.2. The van der Waals surface area contributed by atoms with Gasteiger partial charge in [-0.05, 0) is 79.1 Å². The Labute approximate surface area is 193 Å². The summed E-state index contributed by atoms with van der Waals surface area (Å²) < 4.78 is 20.0. The Bertz CT molecular complexity index is 1190. The summed E-state index contributed by atoms with van der Waals surface area (Å²) in [5.41, 5.74) is 5.47. The van der Waals surface area contributed by atoms with Crippen molar-refractivity contribution in [2.75, 3.05) is 0 Å². The molecule has 0 radical (unpaired) electrons. The lowest BCUT2D eigenvalue weighted by Crippen LogP contribution is -1.98. The van der Waals surface area contributed by atoms with E-state index in [0.29, 0.717) is 5.76 Å². The van der Waals surface area contributed by atoms with Crippen LogP contribution in [-0.2, 0) is 17.2 Å². The third-order valence-electron chi connectivity index (χ3n) is 6.53. The first-order chi connectivity index (χ1) is 15.6. The number of benzene rings is 3. The topological polar surface area (TPSA) is 26.3 Å². The van der Waals surface area contributed by atoms with E-state index in [1.807, 2.05) is 49.4 Å². The summed E-state index contributed by atoms with van der Waals surface area (Å²) in [7, 11) is -1.26. The van der Waals surface area contributed by atoms with Crippen molar-refractivity contribution >= 4 is 21.5 Å². The quantitative estimate of drug-likeness (QED) is 0.339. The fraction of sp³-hybridized carbons (Fsp3) is 0.310. The minimum atomic E-state index is -1.26. The molecule has 0 bridgehead atoms. The molecule has 1 unspecified atom stereocenters. The number of ether oxygens (including phenoxy) is 1. The summed E-state index contributed by atoms with van der Waals surface area (Å²) in [5.74, 6) is 2.52. The molecule has 0 N–H and O–H groups in total. The van der Waals surface area contributed by atoms with Crippen molar-refractivity contribution in [2.45, 2.75) is 57.3 Å². The number of hydrogen-bond donors (Lipinski definition) is 0. The summed E-state index contributed by atoms with van der Waals surface area (Å²) in [6, 6.07) is 22.7. The van der Waals surface area contributed by atoms with Gasteiger partial charge in [0.15, 0.2) is 5.76 Å². The van der Waals surface area contributed by atoms with Crippen LogP contribution in [0.1, 0.15) is 59.9 Å². The van der Waals surface area contributed by atoms with E-state index in [4.69, 9.17) is 4.74 Å². The molecule has 0 saturated heterocycles. The highest BCUT2D eigenvalue weighted by molar-refractivity contribution is 7.95. The van der Waals surface area contributed by atoms with Crippen LogP contribution in [0.2, 0.25) is 0 Å². The molecule has 1 aliphatic heterocycles. The Balaban J connectivity index is 1.41. The molecule has 32 heavy (non-hydrogen) atoms. The Hall–Kier alpha value is -2.65. The molecule has 164 valence electrons. The SMILES string of the molecule is Cc1ccc2c(c1)S(=O)C(c1ccccc1C)=C2Oc1ccc(CCCCC2CC2)cc1. The number of rotatable bonds is 8. The first-order valence-electron chi connectivity index (χ1n) is 11.7. The van der Waals surface area contributed by atoms with Gasteiger partial charge in [-0.25, -0.2) is 4.21 Å². The van der Waals surface area contributed by atoms with Crippen molar-refractivity contribution in [3.05, 3.63) is 94.5 Å². The zero-order valence-corrected chi connectivity index (χ0v) is 19.7. The molecule has 1 atom stereocenters. The lowest BCUT2D eigenvalue weighted by atomic mass is 10.0. The average molecular weight is 443 g/mol. The molecule has 0 aromatic heterocycles. The maximum atomic E-state index is 13.5. The molecule has 2 nitrogen and oxygen atoms in total. The Morgan fingerprint density at radius 2 is 1.69 bits per heavy atom. The van der Waals surface area contributed by atoms with Gasteiger partial charge in [-0.15, -0.1) is 0 Å². The average Bonchev–Trinajstić information content (AvgIpc) is 3.59. The second-order valence-corrected chi connectivity index (χ2v) is 10.6. The summed E-state index contributed by atoms with van der Waals surface area (Å²) >= 11 is 0. The largest absolute Gasteiger partial charge is 0.455 e. The van der Waals surface area contributed by atoms with Gasteiger partial charge in [0.05, 0.1) is 20.6 Å². The highest BCUT2D eigenvalue weighted by Crippen LogP contribution is 2.44. The second kappa shape index (κ2) is 9.07. The fourth-order valence-electron chi connectivity index (χ4n) is 4.45. The second-order valence-electron chi connectivity index (χ2n) is 9.18. The van der Waals surface area contributed by atoms with Gasteiger partial charge < -0.3 is 4.74 Å². The summed E-state index contributed by atoms with van der Waals surface area (Å²) in [4.78, 5) is 1.61. The molecule has 1 saturated carbocycles. The van der Waals surface area contributed by atoms with Gasteiger partial charge in [-0.2, -0.15) is 0 Å². The minimum Gasteiger partial charge on any atom is -0.455 e. The monoisotopic (exact) mass is 442 g/mol. The van der Waals surface area contributed by atoms with E-state index in [2.05, 4.69) is 31.2 Å². The highest BCUT2D eigenvalue weighted by Gasteiger charge is 2.32. The van der Waals surface area contributed by atoms with E-state index in [1.165, 1.54) is 37.7 Å². The zero-order valence-electron chi connectivity index (χ0n) is 18.9. The van der Waals surface area contributed by atoms with Gasteiger partial charge >= 0.3 is 0 Å². The van der Waals surface area contributed by atoms with Crippen molar-refractivity contribution < 1.29 is 8.95 Å². The molecular formula is C29H30O2S. The van der Waals surface area contributed by atoms with Crippen molar-refractivity contribution in [3.63, 3.8) is 0 Å². The maximum absolute atomic E-state index is 13.5. The van der Waals surface area contributed by atoms with Crippen LogP contribution in [-0.4, -0.2) is 4.21 Å². The standard InChI is InChI=1S/C29H30O2S/c1-20-11-18-26-27(19-20)32(30)29(25-10-6-3-7-21(25)2)28(26)31-24-16-14-23(15-17-24)9-5-4-8-22-12-13-22/h3,6-7,10-11,14-19,22H,4-5,8-9,12-13H2,1-2H3. The molecule has 3 aromatic rings. The van der Waals surface area contributed by atoms with Gasteiger partial charge in [-0.1, -0.05) is 68.1 Å². The normalized spacial score (nSPS) is 17.5. The van der Waals surface area contributed by atoms with E-state index in [0.717, 1.165) is 50.1 Å². The third kappa shape index (κ3) is 4.45. The van der Waals surface area contributed by atoms with Crippen molar-refractivity contribution in [3.8, 4) is 5.75 Å². The minimum absolute atomic E-state index is 0.713. The summed E-state index contributed by atoms with van der Waals surface area (Å²) in [6.07, 6.45) is 7.99. The first-order valence-corrected chi connectivity index (χ1v) is 12.8. The molecule has 0 amide bonds. The predicted molar refractivity (Wildman–Crippen MR) is 133 cm³/mol. The lowest BCUT2D eigenvalue weighted by Gasteiger charge is -2.12. The van der Waals surface area contributed by atoms with E-state index in [1.54, 1.807) is 0 Å². The van der Waals surface area contributed by atoms with Crippen LogP contribution in [0, 0.1) is 19.8 Å². The number of hydrogen-bond acceptors (Lipinski definition) is 2. The lowest BCUT2D eigenvalue weighted by molar-refractivity contribution is 0.516. The van der Waals surface area contributed by atoms with E-state index < -0.39 is 10.8 Å². The Morgan fingerprint density at radius 3 is 2.44 bits per heavy atom. The van der Waals surface area contributed by atoms with Crippen LogP contribution in [0.25, 0.3) is 10.7 Å². The van der Waals surface area contributed by atoms with Crippen molar-refractivity contribution in [1.29, 1.82) is 0 Å². The van der Waals surface area contributed by atoms with Crippen LogP contribution < -0.4 is 4.74 Å². The number of aryl methyl sites for hydroxylation is 3. The maximum Gasteiger partial charge on any atom is 0.152 e. The smallest absolute Gasteiger partial charge is 0.152 e. The molecule has 3 aromatic carbocycles. The van der Waals surface area contributed by atoms with Gasteiger partial charge in [0.1, 0.15) is 5.75 Å². The summed E-state index contributed by atoms with van der Waals surface area (Å²) in [6.45, 7) is 4.09. The molecule has 0 spiro atoms. The molecular weight excluding hydrogens is 412 g/mol. The molecule has 1 heterocycles. The van der Waals surface area contributed by atoms with Gasteiger partial charge in [0, 0.05) is 5.56 Å². The van der Waals surface area contributed by atoms with Crippen LogP contribution in [0.15, 0.2) is 71.6 Å². The third-order valence-corrected chi connectivity index (χ3v) is 8.04. The van der Waals surface area contributed by atoms with Crippen LogP contribution in [0.3, 0.4) is 0 Å². The molecule has 1 fully saturated rings. The zero-order chi connectivity index (χ0) is 22.1. The molecule has 5 rings (SSSR count). The predicted octanol–water partition coefficient (Wildman–Crippen LogP) is 7.45. The Kier molecular flexibility index (Phi) is 6.01. The Morgan fingerprint density at radius 1 is 0.906 bits per heavy atom. The van der Waals surface area contributed by atoms with Crippen molar-refractivity contribution in [2.24, 2.45) is 5.92 Å². The van der Waals surface area contributed by atoms with Gasteiger partial charge in [0.25, 0.3) is 0 Å². The fourth-order valence-corrected chi connectivity index (χ4v) is 6.07. The van der Waals surface area contributed by atoms with Crippen LogP contribution in [0.4, 0.5) is 0 Å². The molecule has 1 aliphatic carbocycles.